The number of hydrogen-bond donors (Lipinski definition) is 0. The highest BCUT2D eigenvalue weighted by Gasteiger charge is 2.33. The van der Waals surface area contributed by atoms with Gasteiger partial charge in [-0.3, -0.25) is 4.79 Å². The Bertz CT molecular complexity index is 1140. The third-order valence-electron chi connectivity index (χ3n) is 4.69. The summed E-state index contributed by atoms with van der Waals surface area (Å²) in [4.78, 5) is 13.5. The van der Waals surface area contributed by atoms with E-state index in [0.29, 0.717) is 0 Å². The minimum Gasteiger partial charge on any atom is -0.469 e. The number of ether oxygens (including phenoxy) is 1. The maximum atomic E-state index is 11.2. The number of nitrogens with zero attached hydrogens (tertiary/aromatic N) is 1. The van der Waals surface area contributed by atoms with Crippen LogP contribution >= 0.6 is 124 Å². The summed E-state index contributed by atoms with van der Waals surface area (Å²) in [6.45, 7) is 4.02. The van der Waals surface area contributed by atoms with Crippen molar-refractivity contribution in [1.82, 2.24) is 0 Å². The van der Waals surface area contributed by atoms with Crippen molar-refractivity contribution in [2.75, 3.05) is 25.1 Å². The highest BCUT2D eigenvalue weighted by molar-refractivity contribution is 9.21. The molecule has 20 heteroatoms. The maximum absolute atomic E-state index is 11.2. The van der Waals surface area contributed by atoms with Gasteiger partial charge in [0.05, 0.1) is 17.9 Å². The maximum Gasteiger partial charge on any atom is 0.312 e. The lowest BCUT2D eigenvalue weighted by molar-refractivity contribution is -0.146. The van der Waals surface area contributed by atoms with Gasteiger partial charge >= 0.3 is 5.97 Å². The zero-order valence-corrected chi connectivity index (χ0v) is 36.3. The minimum absolute atomic E-state index is 0.0361. The Morgan fingerprint density at radius 2 is 1.53 bits per heavy atom. The van der Waals surface area contributed by atoms with Gasteiger partial charge in [0.25, 0.3) is 9.05 Å². The van der Waals surface area contributed by atoms with Gasteiger partial charge in [0, 0.05) is 33.9 Å². The van der Waals surface area contributed by atoms with Crippen molar-refractivity contribution in [2.24, 2.45) is 5.92 Å². The predicted octanol–water partition coefficient (Wildman–Crippen LogP) is 10.6. The molecule has 1 fully saturated rings. The molecule has 2 aromatic rings. The second-order valence-electron chi connectivity index (χ2n) is 7.59. The SMILES string of the molecule is COC(=O)C1CN(c2cccc(Br)c2)C1.Cc1cccc(S(=O)(=O)Cl)c1.PP(P)P(P)P(P(P)P)P(P)P. The Morgan fingerprint density at radius 1 is 0.974 bits per heavy atom. The lowest BCUT2D eigenvalue weighted by Crippen LogP contribution is -2.50. The summed E-state index contributed by atoms with van der Waals surface area (Å²) in [6, 6.07) is 14.5. The molecule has 2 aromatic carbocycles. The summed E-state index contributed by atoms with van der Waals surface area (Å²) >= 11 is 3.42. The molecule has 38 heavy (non-hydrogen) atoms. The molecule has 8 unspecified atom stereocenters. The zero-order chi connectivity index (χ0) is 29.2. The van der Waals surface area contributed by atoms with Crippen LogP contribution in [0.5, 0.6) is 0 Å². The van der Waals surface area contributed by atoms with E-state index < -0.39 is 9.05 Å². The van der Waals surface area contributed by atoms with Gasteiger partial charge in [-0.2, -0.15) is 0 Å². The van der Waals surface area contributed by atoms with Crippen LogP contribution in [0.4, 0.5) is 5.69 Å². The number of aryl methyl sites for hydroxylation is 1. The molecule has 3 rings (SSSR count). The van der Waals surface area contributed by atoms with Crippen LogP contribution < -0.4 is 4.90 Å². The molecule has 0 bridgehead atoms. The van der Waals surface area contributed by atoms with Gasteiger partial charge in [0.15, 0.2) is 0 Å². The lowest BCUT2D eigenvalue weighted by Gasteiger charge is -2.39. The van der Waals surface area contributed by atoms with Crippen molar-refractivity contribution in [1.29, 1.82) is 0 Å². The molecule has 1 aliphatic rings. The number of methoxy groups -OCH3 is 1. The van der Waals surface area contributed by atoms with Gasteiger partial charge in [-0.15, -0.1) is 62.5 Å². The Hall–Kier alpha value is 3.59. The summed E-state index contributed by atoms with van der Waals surface area (Å²) in [5.41, 5.74) is 2.02. The van der Waals surface area contributed by atoms with Crippen molar-refractivity contribution < 1.29 is 17.9 Å². The summed E-state index contributed by atoms with van der Waals surface area (Å²) in [5.74, 6) is -0.0739. The second-order valence-corrected chi connectivity index (χ2v) is 56.0. The van der Waals surface area contributed by atoms with Crippen molar-refractivity contribution in [3.63, 3.8) is 0 Å². The van der Waals surface area contributed by atoms with Crippen LogP contribution in [0, 0.1) is 12.8 Å². The zero-order valence-electron chi connectivity index (χ0n) is 20.6. The van der Waals surface area contributed by atoms with Gasteiger partial charge < -0.3 is 9.64 Å². The number of carbonyl (C=O) groups excluding carboxylic acids is 1. The lowest BCUT2D eigenvalue weighted by atomic mass is 9.99. The van der Waals surface area contributed by atoms with Crippen LogP contribution in [-0.4, -0.2) is 34.6 Å². The number of anilines is 1. The van der Waals surface area contributed by atoms with Crippen LogP contribution in [0.3, 0.4) is 0 Å². The molecular weight excluding hydrogens is 813 g/mol. The van der Waals surface area contributed by atoms with Crippen LogP contribution in [0.1, 0.15) is 5.56 Å². The molecule has 0 saturated carbocycles. The number of carbonyl (C=O) groups is 1. The quantitative estimate of drug-likeness (QED) is 0.158. The first-order valence-corrected chi connectivity index (χ1v) is 34.4. The van der Waals surface area contributed by atoms with Crippen LogP contribution in [0.15, 0.2) is 57.9 Å². The van der Waals surface area contributed by atoms with Crippen molar-refractivity contribution in [3.05, 3.63) is 58.6 Å². The van der Waals surface area contributed by atoms with Crippen LogP contribution in [0.2, 0.25) is 0 Å². The topological polar surface area (TPSA) is 63.7 Å². The highest BCUT2D eigenvalue weighted by atomic mass is 79.9. The molecule has 0 radical (unpaired) electrons. The average Bonchev–Trinajstić information content (AvgIpc) is 2.78. The molecule has 0 aromatic heterocycles. The fourth-order valence-corrected chi connectivity index (χ4v) is 107. The largest absolute Gasteiger partial charge is 0.469 e. The average molecular weight is 847 g/mol. The van der Waals surface area contributed by atoms with Gasteiger partial charge in [-0.1, -0.05) is 34.1 Å². The molecule has 1 saturated heterocycles. The molecule has 0 amide bonds. The molecule has 1 heterocycles. The van der Waals surface area contributed by atoms with E-state index in [1.807, 2.05) is 37.3 Å². The van der Waals surface area contributed by atoms with E-state index in [9.17, 15) is 13.2 Å². The number of hydrogen-bond acceptors (Lipinski definition) is 5. The molecule has 5 nitrogen and oxygen atoms in total. The Morgan fingerprint density at radius 3 is 1.89 bits per heavy atom. The standard InChI is InChI=1S/C11H12BrNO2.C7H7ClO2S.H14P12/c1-15-11(14)8-6-13(7-8)10-4-2-3-9(12)5-10;1-6-3-2-4-7(5-6)11(8,9)10;1-8(2)11(7)12(9(3)4)10(5)6/h2-5,8H,6-7H2,1H3;2-5H,1H3;1-7H2. The molecule has 1 aliphatic heterocycles. The van der Waals surface area contributed by atoms with E-state index >= 15 is 0 Å². The van der Waals surface area contributed by atoms with Gasteiger partial charge in [-0.25, -0.2) is 8.42 Å². The monoisotopic (exact) mass is 845 g/mol. The number of benzene rings is 2. The van der Waals surface area contributed by atoms with E-state index in [0.717, 1.165) is 28.8 Å². The van der Waals surface area contributed by atoms with Gasteiger partial charge in [-0.05, 0) is 77.8 Å². The van der Waals surface area contributed by atoms with Crippen LogP contribution in [-0.2, 0) is 18.6 Å². The first-order valence-electron chi connectivity index (χ1n) is 10.4. The first-order chi connectivity index (χ1) is 17.6. The third kappa shape index (κ3) is 14.6. The first kappa shape index (κ1) is 39.6. The minimum atomic E-state index is -3.55. The van der Waals surface area contributed by atoms with E-state index in [1.165, 1.54) is 19.2 Å². The smallest absolute Gasteiger partial charge is 0.312 e. The van der Waals surface area contributed by atoms with Crippen molar-refractivity contribution in [3.8, 4) is 0 Å². The van der Waals surface area contributed by atoms with Crippen LogP contribution in [0.25, 0.3) is 0 Å². The van der Waals surface area contributed by atoms with Gasteiger partial charge in [0.1, 0.15) is 0 Å². The van der Waals surface area contributed by atoms with Gasteiger partial charge in [0.2, 0.25) is 0 Å². The Balaban J connectivity index is 0.000000290. The fourth-order valence-electron chi connectivity index (χ4n) is 2.87. The molecule has 0 spiro atoms. The summed E-state index contributed by atoms with van der Waals surface area (Å²) < 4.78 is 27.2. The summed E-state index contributed by atoms with van der Waals surface area (Å²) in [7, 11) is 24.0. The van der Waals surface area contributed by atoms with E-state index in [2.05, 4.69) is 88.1 Å². The Kier molecular flexibility index (Phi) is 20.7. The fraction of sp³-hybridized carbons (Fsp3) is 0.278. The molecule has 8 atom stereocenters. The second kappa shape index (κ2) is 19.9. The normalized spacial score (nSPS) is 14.4. The summed E-state index contributed by atoms with van der Waals surface area (Å²) in [6.07, 6.45) is 0. The molecule has 0 N–H and O–H groups in total. The van der Waals surface area contributed by atoms with E-state index in [4.69, 9.17) is 10.7 Å². The molecule has 214 valence electrons. The highest BCUT2D eigenvalue weighted by Crippen LogP contribution is 3.16. The summed E-state index contributed by atoms with van der Waals surface area (Å²) in [5, 5.41) is 0. The number of esters is 1. The predicted molar refractivity (Wildman–Crippen MR) is 209 cm³/mol. The van der Waals surface area contributed by atoms with Crippen molar-refractivity contribution >= 4 is 145 Å². The number of halogens is 2. The van der Waals surface area contributed by atoms with Crippen molar-refractivity contribution in [2.45, 2.75) is 11.8 Å². The Labute approximate surface area is 262 Å². The molecular formula is C18H33BrClNO4P12S. The third-order valence-corrected chi connectivity index (χ3v) is 73.2. The van der Waals surface area contributed by atoms with E-state index in [-0.39, 0.29) is 51.7 Å². The molecule has 0 aliphatic carbocycles. The van der Waals surface area contributed by atoms with E-state index in [1.54, 1.807) is 6.07 Å². The number of rotatable bonds is 7.